The predicted molar refractivity (Wildman–Crippen MR) is 95.9 cm³/mol. The Balaban J connectivity index is 4.66. The number of ether oxygens (including phenoxy) is 1. The Morgan fingerprint density at radius 2 is 1.00 bits per heavy atom. The number of unbranched alkanes of at least 4 members (excludes halogenated alkanes) is 2. The fourth-order valence-electron chi connectivity index (χ4n) is 2.94. The van der Waals surface area contributed by atoms with Crippen molar-refractivity contribution < 1.29 is 4.74 Å². The Morgan fingerprint density at radius 3 is 1.24 bits per heavy atom. The van der Waals surface area contributed by atoms with Gasteiger partial charge in [-0.3, -0.25) is 0 Å². The second-order valence-corrected chi connectivity index (χ2v) is 9.19. The van der Waals surface area contributed by atoms with Crippen molar-refractivity contribution in [2.45, 2.75) is 119 Å². The molecule has 0 N–H and O–H groups in total. The standard InChI is InChI=1S/C20H42O/c1-9-11-13-17(15-19(3,4)5)21-18(14-12-10-2)16-20(6,7)8/h17-18H,9-16H2,1-8H3. The van der Waals surface area contributed by atoms with E-state index in [1.165, 1.54) is 51.4 Å². The van der Waals surface area contributed by atoms with Crippen LogP contribution in [0.4, 0.5) is 0 Å². The molecule has 0 aromatic rings. The lowest BCUT2D eigenvalue weighted by atomic mass is 9.86. The minimum absolute atomic E-state index is 0.357. The zero-order valence-corrected chi connectivity index (χ0v) is 16.2. The molecule has 0 aromatic carbocycles. The van der Waals surface area contributed by atoms with E-state index in [9.17, 15) is 0 Å². The molecule has 0 aliphatic heterocycles. The normalized spacial score (nSPS) is 16.0. The highest BCUT2D eigenvalue weighted by Gasteiger charge is 2.25. The molecule has 0 aliphatic carbocycles. The summed E-state index contributed by atoms with van der Waals surface area (Å²) in [5, 5.41) is 0. The summed E-state index contributed by atoms with van der Waals surface area (Å²) < 4.78 is 6.61. The molecule has 0 saturated heterocycles. The molecule has 2 atom stereocenters. The van der Waals surface area contributed by atoms with E-state index in [2.05, 4.69) is 55.4 Å². The highest BCUT2D eigenvalue weighted by molar-refractivity contribution is 4.75. The second kappa shape index (κ2) is 9.87. The van der Waals surface area contributed by atoms with E-state index in [1.54, 1.807) is 0 Å². The van der Waals surface area contributed by atoms with Crippen LogP contribution in [0.25, 0.3) is 0 Å². The van der Waals surface area contributed by atoms with Gasteiger partial charge in [0.1, 0.15) is 0 Å². The molecule has 1 nitrogen and oxygen atoms in total. The van der Waals surface area contributed by atoms with E-state index in [1.807, 2.05) is 0 Å². The Bertz CT molecular complexity index is 218. The van der Waals surface area contributed by atoms with Gasteiger partial charge in [0.25, 0.3) is 0 Å². The van der Waals surface area contributed by atoms with Gasteiger partial charge in [-0.2, -0.15) is 0 Å². The predicted octanol–water partition coefficient (Wildman–Crippen LogP) is 6.99. The van der Waals surface area contributed by atoms with Gasteiger partial charge in [-0.15, -0.1) is 0 Å². The SMILES string of the molecule is CCCCC(CC(C)(C)C)OC(CCCC)CC(C)(C)C. The van der Waals surface area contributed by atoms with E-state index in [0.29, 0.717) is 23.0 Å². The molecule has 0 radical (unpaired) electrons. The fourth-order valence-corrected chi connectivity index (χ4v) is 2.94. The van der Waals surface area contributed by atoms with Crippen LogP contribution in [0.5, 0.6) is 0 Å². The monoisotopic (exact) mass is 298 g/mol. The summed E-state index contributed by atoms with van der Waals surface area (Å²) in [4.78, 5) is 0. The van der Waals surface area contributed by atoms with Crippen molar-refractivity contribution in [3.8, 4) is 0 Å². The van der Waals surface area contributed by atoms with Crippen LogP contribution in [0.1, 0.15) is 107 Å². The molecule has 0 heterocycles. The summed E-state index contributed by atoms with van der Waals surface area (Å²) in [5.74, 6) is 0. The third-order valence-electron chi connectivity index (χ3n) is 3.82. The topological polar surface area (TPSA) is 9.23 Å². The van der Waals surface area contributed by atoms with Crippen molar-refractivity contribution in [2.24, 2.45) is 10.8 Å². The summed E-state index contributed by atoms with van der Waals surface area (Å²) in [7, 11) is 0. The van der Waals surface area contributed by atoms with Gasteiger partial charge in [-0.05, 0) is 36.5 Å². The van der Waals surface area contributed by atoms with E-state index < -0.39 is 0 Å². The van der Waals surface area contributed by atoms with Gasteiger partial charge in [0.05, 0.1) is 12.2 Å². The Labute approximate surface area is 135 Å². The largest absolute Gasteiger partial charge is 0.375 e. The molecule has 0 amide bonds. The van der Waals surface area contributed by atoms with Crippen LogP contribution in [-0.2, 0) is 4.74 Å². The average molecular weight is 299 g/mol. The molecular formula is C20H42O. The molecule has 21 heavy (non-hydrogen) atoms. The third-order valence-corrected chi connectivity index (χ3v) is 3.82. The van der Waals surface area contributed by atoms with Crippen LogP contribution in [-0.4, -0.2) is 12.2 Å². The van der Waals surface area contributed by atoms with Crippen LogP contribution >= 0.6 is 0 Å². The Morgan fingerprint density at radius 1 is 0.667 bits per heavy atom. The highest BCUT2D eigenvalue weighted by Crippen LogP contribution is 2.30. The van der Waals surface area contributed by atoms with Gasteiger partial charge in [-0.25, -0.2) is 0 Å². The zero-order valence-electron chi connectivity index (χ0n) is 16.2. The maximum atomic E-state index is 6.61. The summed E-state index contributed by atoms with van der Waals surface area (Å²) in [6, 6.07) is 0. The van der Waals surface area contributed by atoms with Gasteiger partial charge in [0.2, 0.25) is 0 Å². The summed E-state index contributed by atoms with van der Waals surface area (Å²) >= 11 is 0. The molecule has 2 unspecified atom stereocenters. The van der Waals surface area contributed by atoms with Crippen LogP contribution in [0.3, 0.4) is 0 Å². The van der Waals surface area contributed by atoms with Crippen molar-refractivity contribution in [3.63, 3.8) is 0 Å². The summed E-state index contributed by atoms with van der Waals surface area (Å²) in [6.07, 6.45) is 10.8. The number of rotatable bonds is 10. The smallest absolute Gasteiger partial charge is 0.0583 e. The molecule has 0 fully saturated rings. The van der Waals surface area contributed by atoms with Gasteiger partial charge in [0, 0.05) is 0 Å². The highest BCUT2D eigenvalue weighted by atomic mass is 16.5. The average Bonchev–Trinajstić information content (AvgIpc) is 2.29. The lowest BCUT2D eigenvalue weighted by Crippen LogP contribution is -2.29. The van der Waals surface area contributed by atoms with E-state index >= 15 is 0 Å². The maximum Gasteiger partial charge on any atom is 0.0583 e. The zero-order chi connectivity index (χ0) is 16.5. The molecule has 128 valence electrons. The molecule has 0 rings (SSSR count). The molecule has 1 heteroatoms. The van der Waals surface area contributed by atoms with E-state index in [4.69, 9.17) is 4.74 Å². The van der Waals surface area contributed by atoms with Crippen molar-refractivity contribution in [3.05, 3.63) is 0 Å². The number of hydrogen-bond donors (Lipinski definition) is 0. The van der Waals surface area contributed by atoms with E-state index in [0.717, 1.165) is 0 Å². The Hall–Kier alpha value is -0.0400. The summed E-state index contributed by atoms with van der Waals surface area (Å²) in [5.41, 5.74) is 0.713. The van der Waals surface area contributed by atoms with Crippen LogP contribution in [0, 0.1) is 10.8 Å². The second-order valence-electron chi connectivity index (χ2n) is 9.19. The lowest BCUT2D eigenvalue weighted by molar-refractivity contribution is -0.0552. The van der Waals surface area contributed by atoms with Gasteiger partial charge >= 0.3 is 0 Å². The first-order chi connectivity index (χ1) is 9.57. The molecule has 0 aliphatic rings. The molecule has 0 spiro atoms. The van der Waals surface area contributed by atoms with Crippen molar-refractivity contribution in [1.29, 1.82) is 0 Å². The minimum atomic E-state index is 0.357. The first-order valence-corrected chi connectivity index (χ1v) is 9.23. The minimum Gasteiger partial charge on any atom is -0.375 e. The molecule has 0 saturated carbocycles. The molecule has 0 bridgehead atoms. The maximum absolute atomic E-state index is 6.61. The van der Waals surface area contributed by atoms with Crippen molar-refractivity contribution >= 4 is 0 Å². The van der Waals surface area contributed by atoms with Crippen LogP contribution < -0.4 is 0 Å². The van der Waals surface area contributed by atoms with Crippen LogP contribution in [0.2, 0.25) is 0 Å². The van der Waals surface area contributed by atoms with Gasteiger partial charge in [-0.1, -0.05) is 81.1 Å². The van der Waals surface area contributed by atoms with E-state index in [-0.39, 0.29) is 0 Å². The Kier molecular flexibility index (Phi) is 9.85. The summed E-state index contributed by atoms with van der Waals surface area (Å²) in [6.45, 7) is 18.6. The number of hydrogen-bond acceptors (Lipinski definition) is 1. The quantitative estimate of drug-likeness (QED) is 0.422. The van der Waals surface area contributed by atoms with Gasteiger partial charge in [0.15, 0.2) is 0 Å². The first-order valence-electron chi connectivity index (χ1n) is 9.23. The molecule has 0 aromatic heterocycles. The van der Waals surface area contributed by atoms with Crippen molar-refractivity contribution in [1.82, 2.24) is 0 Å². The molecular weight excluding hydrogens is 256 g/mol. The van der Waals surface area contributed by atoms with Gasteiger partial charge < -0.3 is 4.74 Å². The lowest BCUT2D eigenvalue weighted by Gasteiger charge is -2.33. The van der Waals surface area contributed by atoms with Crippen LogP contribution in [0.15, 0.2) is 0 Å². The third kappa shape index (κ3) is 13.4. The van der Waals surface area contributed by atoms with Crippen molar-refractivity contribution in [2.75, 3.05) is 0 Å². The fraction of sp³-hybridized carbons (Fsp3) is 1.00. The first kappa shape index (κ1) is 21.0.